The molecule has 7 heteroatoms. The van der Waals surface area contributed by atoms with E-state index in [1.54, 1.807) is 6.07 Å². The monoisotopic (exact) mass is 619 g/mol. The Balaban J connectivity index is 1.47. The molecule has 0 saturated heterocycles. The third kappa shape index (κ3) is 3.97. The molecule has 0 unspecified atom stereocenters. The van der Waals surface area contributed by atoms with Gasteiger partial charge in [0.15, 0.2) is 0 Å². The summed E-state index contributed by atoms with van der Waals surface area (Å²) in [6.45, 7) is 0. The van der Waals surface area contributed by atoms with Crippen molar-refractivity contribution >= 4 is 17.1 Å². The molecule has 1 spiro atoms. The fourth-order valence-corrected chi connectivity index (χ4v) is 7.38. The van der Waals surface area contributed by atoms with Gasteiger partial charge in [-0.1, -0.05) is 97.1 Å². The lowest BCUT2D eigenvalue weighted by Crippen LogP contribution is -2.26. The quantitative estimate of drug-likeness (QED) is 0.178. The van der Waals surface area contributed by atoms with Crippen LogP contribution in [0.4, 0.5) is 43.4 Å². The van der Waals surface area contributed by atoms with Crippen molar-refractivity contribution in [3.05, 3.63) is 173 Å². The van der Waals surface area contributed by atoms with E-state index in [9.17, 15) is 26.3 Å². The zero-order valence-corrected chi connectivity index (χ0v) is 24.0. The first-order chi connectivity index (χ1) is 22.1. The zero-order valence-electron chi connectivity index (χ0n) is 24.0. The number of fused-ring (bicyclic) bond motifs is 10. The van der Waals surface area contributed by atoms with Crippen LogP contribution in [0.5, 0.6) is 0 Å². The first-order valence-corrected chi connectivity index (χ1v) is 14.7. The van der Waals surface area contributed by atoms with Crippen LogP contribution in [0.25, 0.3) is 22.3 Å². The maximum absolute atomic E-state index is 14.0. The molecule has 8 rings (SSSR count). The average Bonchev–Trinajstić information content (AvgIpc) is 3.53. The molecule has 2 aliphatic rings. The smallest absolute Gasteiger partial charge is 0.310 e. The molecule has 0 saturated carbocycles. The predicted octanol–water partition coefficient (Wildman–Crippen LogP) is 11.5. The van der Waals surface area contributed by atoms with E-state index in [1.165, 1.54) is 29.2 Å². The standard InChI is InChI=1S/C39H23F6N/c40-38(41,42)24-10-7-12-26(22-24)46(27-13-8-11-25(23-27)39(43,44)45)35-21-9-20-34-36(35)30-16-3-6-19-33(30)37(34)31-17-4-1-14-28(31)29-15-2-5-18-32(29)37/h1-23H. The number of nitrogens with zero attached hydrogens (tertiary/aromatic N) is 1. The summed E-state index contributed by atoms with van der Waals surface area (Å²) in [5.74, 6) is 0. The maximum Gasteiger partial charge on any atom is 0.416 e. The van der Waals surface area contributed by atoms with Crippen molar-refractivity contribution in [2.75, 3.05) is 4.90 Å². The predicted molar refractivity (Wildman–Crippen MR) is 167 cm³/mol. The highest BCUT2D eigenvalue weighted by Crippen LogP contribution is 2.64. The van der Waals surface area contributed by atoms with Crippen LogP contribution < -0.4 is 4.90 Å². The molecular weight excluding hydrogens is 596 g/mol. The van der Waals surface area contributed by atoms with Gasteiger partial charge in [-0.2, -0.15) is 26.3 Å². The summed E-state index contributed by atoms with van der Waals surface area (Å²) < 4.78 is 83.9. The van der Waals surface area contributed by atoms with E-state index in [0.29, 0.717) is 5.69 Å². The van der Waals surface area contributed by atoms with E-state index >= 15 is 0 Å². The van der Waals surface area contributed by atoms with Crippen LogP contribution in [0.2, 0.25) is 0 Å². The summed E-state index contributed by atoms with van der Waals surface area (Å²) >= 11 is 0. The Hall–Kier alpha value is -5.30. The minimum absolute atomic E-state index is 0.0909. The number of rotatable bonds is 3. The van der Waals surface area contributed by atoms with Gasteiger partial charge in [0.1, 0.15) is 0 Å². The average molecular weight is 620 g/mol. The number of hydrogen-bond donors (Lipinski definition) is 0. The van der Waals surface area contributed by atoms with Gasteiger partial charge in [0.25, 0.3) is 0 Å². The van der Waals surface area contributed by atoms with Gasteiger partial charge in [-0.05, 0) is 81.4 Å². The Kier molecular flexibility index (Phi) is 6.04. The normalized spacial score (nSPS) is 14.0. The molecule has 0 aliphatic heterocycles. The van der Waals surface area contributed by atoms with Gasteiger partial charge in [0, 0.05) is 16.9 Å². The molecular formula is C39H23F6N. The molecule has 0 radical (unpaired) electrons. The van der Waals surface area contributed by atoms with Gasteiger partial charge in [-0.15, -0.1) is 0 Å². The van der Waals surface area contributed by atoms with E-state index < -0.39 is 28.9 Å². The Morgan fingerprint density at radius 2 is 0.826 bits per heavy atom. The molecule has 0 bridgehead atoms. The van der Waals surface area contributed by atoms with Crippen molar-refractivity contribution in [3.63, 3.8) is 0 Å². The van der Waals surface area contributed by atoms with Gasteiger partial charge < -0.3 is 4.90 Å². The molecule has 46 heavy (non-hydrogen) atoms. The van der Waals surface area contributed by atoms with Crippen molar-refractivity contribution in [2.24, 2.45) is 0 Å². The summed E-state index contributed by atoms with van der Waals surface area (Å²) in [5.41, 5.74) is 5.96. The fourth-order valence-electron chi connectivity index (χ4n) is 7.38. The SMILES string of the molecule is FC(F)(F)c1cccc(N(c2cccc(C(F)(F)F)c2)c2cccc3c2-c2ccccc2C32c3ccccc3-c3ccccc32)c1. The van der Waals surface area contributed by atoms with Crippen LogP contribution in [-0.4, -0.2) is 0 Å². The van der Waals surface area contributed by atoms with Crippen molar-refractivity contribution in [3.8, 4) is 22.3 Å². The molecule has 6 aromatic rings. The second kappa shape index (κ2) is 9.85. The summed E-state index contributed by atoms with van der Waals surface area (Å²) in [4.78, 5) is 1.51. The van der Waals surface area contributed by atoms with E-state index in [1.807, 2.05) is 54.6 Å². The first kappa shape index (κ1) is 28.2. The Morgan fingerprint density at radius 1 is 0.413 bits per heavy atom. The third-order valence-corrected chi connectivity index (χ3v) is 9.10. The number of anilines is 3. The van der Waals surface area contributed by atoms with Crippen LogP contribution >= 0.6 is 0 Å². The second-order valence-corrected chi connectivity index (χ2v) is 11.5. The molecule has 0 atom stereocenters. The molecule has 2 aliphatic carbocycles. The van der Waals surface area contributed by atoms with Gasteiger partial charge in [0.05, 0.1) is 22.2 Å². The molecule has 6 aromatic carbocycles. The zero-order chi connectivity index (χ0) is 31.8. The number of hydrogen-bond acceptors (Lipinski definition) is 1. The summed E-state index contributed by atoms with van der Waals surface area (Å²) in [5, 5.41) is 0. The van der Waals surface area contributed by atoms with Crippen LogP contribution in [0.1, 0.15) is 33.4 Å². The Bertz CT molecular complexity index is 2060. The molecule has 0 heterocycles. The fraction of sp³-hybridized carbons (Fsp3) is 0.0769. The molecule has 0 N–H and O–H groups in total. The summed E-state index contributed by atoms with van der Waals surface area (Å²) in [6, 6.07) is 39.3. The van der Waals surface area contributed by atoms with Gasteiger partial charge in [-0.3, -0.25) is 0 Å². The summed E-state index contributed by atoms with van der Waals surface area (Å²) in [6.07, 6.45) is -9.30. The Morgan fingerprint density at radius 3 is 1.33 bits per heavy atom. The first-order valence-electron chi connectivity index (χ1n) is 14.7. The van der Waals surface area contributed by atoms with Crippen LogP contribution in [0.15, 0.2) is 140 Å². The van der Waals surface area contributed by atoms with E-state index in [2.05, 4.69) is 30.3 Å². The third-order valence-electron chi connectivity index (χ3n) is 9.10. The van der Waals surface area contributed by atoms with Gasteiger partial charge in [0.2, 0.25) is 0 Å². The molecule has 0 fully saturated rings. The summed E-state index contributed by atoms with van der Waals surface area (Å²) in [7, 11) is 0. The minimum atomic E-state index is -4.65. The number of benzene rings is 6. The van der Waals surface area contributed by atoms with Crippen molar-refractivity contribution in [2.45, 2.75) is 17.8 Å². The highest BCUT2D eigenvalue weighted by molar-refractivity contribution is 6.01. The van der Waals surface area contributed by atoms with Crippen LogP contribution in [-0.2, 0) is 17.8 Å². The second-order valence-electron chi connectivity index (χ2n) is 11.5. The van der Waals surface area contributed by atoms with Crippen LogP contribution in [0, 0.1) is 0 Å². The largest absolute Gasteiger partial charge is 0.416 e. The van der Waals surface area contributed by atoms with E-state index in [0.717, 1.165) is 68.8 Å². The number of alkyl halides is 6. The van der Waals surface area contributed by atoms with Crippen molar-refractivity contribution in [1.82, 2.24) is 0 Å². The molecule has 0 aromatic heterocycles. The highest BCUT2D eigenvalue weighted by Gasteiger charge is 2.52. The number of halogens is 6. The lowest BCUT2D eigenvalue weighted by Gasteiger charge is -2.32. The van der Waals surface area contributed by atoms with E-state index in [4.69, 9.17) is 0 Å². The lowest BCUT2D eigenvalue weighted by molar-refractivity contribution is -0.138. The van der Waals surface area contributed by atoms with Gasteiger partial charge in [-0.25, -0.2) is 0 Å². The maximum atomic E-state index is 14.0. The van der Waals surface area contributed by atoms with Crippen LogP contribution in [0.3, 0.4) is 0 Å². The van der Waals surface area contributed by atoms with E-state index in [-0.39, 0.29) is 11.4 Å². The topological polar surface area (TPSA) is 3.24 Å². The van der Waals surface area contributed by atoms with Crippen molar-refractivity contribution in [1.29, 1.82) is 0 Å². The van der Waals surface area contributed by atoms with Gasteiger partial charge >= 0.3 is 12.4 Å². The minimum Gasteiger partial charge on any atom is -0.310 e. The molecule has 1 nitrogen and oxygen atoms in total. The molecule has 226 valence electrons. The highest BCUT2D eigenvalue weighted by atomic mass is 19.4. The Labute approximate surface area is 261 Å². The lowest BCUT2D eigenvalue weighted by atomic mass is 9.70. The van der Waals surface area contributed by atoms with Crippen molar-refractivity contribution < 1.29 is 26.3 Å². The molecule has 0 amide bonds.